The van der Waals surface area contributed by atoms with Crippen molar-refractivity contribution in [2.75, 3.05) is 24.7 Å². The quantitative estimate of drug-likeness (QED) is 0.811. The van der Waals surface area contributed by atoms with Gasteiger partial charge in [-0.2, -0.15) is 11.8 Å². The molecule has 4 heteroatoms. The highest BCUT2D eigenvalue weighted by atomic mass is 32.2. The first-order valence-electron chi connectivity index (χ1n) is 6.72. The summed E-state index contributed by atoms with van der Waals surface area (Å²) in [6.45, 7) is 3.31. The zero-order valence-electron chi connectivity index (χ0n) is 10.8. The molecule has 2 atom stereocenters. The molecular weight excluding hydrogens is 234 g/mol. The van der Waals surface area contributed by atoms with E-state index in [2.05, 4.69) is 0 Å². The van der Waals surface area contributed by atoms with Crippen molar-refractivity contribution in [3.63, 3.8) is 0 Å². The number of thioether (sulfide) groups is 1. The van der Waals surface area contributed by atoms with E-state index in [0.717, 1.165) is 32.3 Å². The van der Waals surface area contributed by atoms with Crippen molar-refractivity contribution < 1.29 is 9.84 Å². The van der Waals surface area contributed by atoms with Gasteiger partial charge in [-0.1, -0.05) is 0 Å². The summed E-state index contributed by atoms with van der Waals surface area (Å²) in [6, 6.07) is 0. The van der Waals surface area contributed by atoms with Gasteiger partial charge in [0.25, 0.3) is 0 Å². The molecule has 0 saturated carbocycles. The lowest BCUT2D eigenvalue weighted by Crippen LogP contribution is -2.49. The van der Waals surface area contributed by atoms with Crippen LogP contribution in [0, 0.1) is 5.92 Å². The van der Waals surface area contributed by atoms with Crippen molar-refractivity contribution in [3.8, 4) is 0 Å². The Kier molecular flexibility index (Phi) is 4.40. The number of rotatable bonds is 3. The third-order valence-corrected chi connectivity index (χ3v) is 5.41. The molecule has 0 radical (unpaired) electrons. The van der Waals surface area contributed by atoms with E-state index in [9.17, 15) is 5.11 Å². The number of ether oxygens (including phenoxy) is 1. The van der Waals surface area contributed by atoms with E-state index in [1.165, 1.54) is 11.5 Å². The Hall–Kier alpha value is 0.230. The standard InChI is InChI=1S/C13H25NO2S/c1-12(15,3-6-14)11-2-7-16-13(10-11)4-8-17-9-5-13/h11,15H,2-10,14H2,1H3. The molecule has 0 bridgehead atoms. The van der Waals surface area contributed by atoms with Crippen LogP contribution in [0.5, 0.6) is 0 Å². The summed E-state index contributed by atoms with van der Waals surface area (Å²) in [5.41, 5.74) is 5.04. The van der Waals surface area contributed by atoms with Crippen LogP contribution >= 0.6 is 11.8 Å². The Bertz CT molecular complexity index is 246. The molecule has 2 aliphatic rings. The summed E-state index contributed by atoms with van der Waals surface area (Å²) in [4.78, 5) is 0. The second kappa shape index (κ2) is 5.47. The van der Waals surface area contributed by atoms with Gasteiger partial charge >= 0.3 is 0 Å². The van der Waals surface area contributed by atoms with Crippen molar-refractivity contribution in [3.05, 3.63) is 0 Å². The summed E-state index contributed by atoms with van der Waals surface area (Å²) in [5.74, 6) is 2.75. The van der Waals surface area contributed by atoms with Crippen LogP contribution in [0.3, 0.4) is 0 Å². The van der Waals surface area contributed by atoms with E-state index in [-0.39, 0.29) is 5.60 Å². The molecule has 2 aliphatic heterocycles. The second-order valence-electron chi connectivity index (χ2n) is 5.73. The molecule has 100 valence electrons. The first-order valence-corrected chi connectivity index (χ1v) is 7.88. The average molecular weight is 259 g/mol. The Morgan fingerprint density at radius 3 is 2.82 bits per heavy atom. The lowest BCUT2D eigenvalue weighted by atomic mass is 9.73. The van der Waals surface area contributed by atoms with E-state index >= 15 is 0 Å². The van der Waals surface area contributed by atoms with Crippen molar-refractivity contribution >= 4 is 11.8 Å². The molecule has 2 unspecified atom stereocenters. The second-order valence-corrected chi connectivity index (χ2v) is 6.95. The average Bonchev–Trinajstić information content (AvgIpc) is 2.30. The van der Waals surface area contributed by atoms with Crippen LogP contribution < -0.4 is 5.73 Å². The van der Waals surface area contributed by atoms with Crippen molar-refractivity contribution in [1.82, 2.24) is 0 Å². The van der Waals surface area contributed by atoms with Crippen LogP contribution in [-0.4, -0.2) is 41.0 Å². The maximum Gasteiger partial charge on any atom is 0.0702 e. The maximum absolute atomic E-state index is 10.5. The van der Waals surface area contributed by atoms with Gasteiger partial charge in [0.05, 0.1) is 11.2 Å². The smallest absolute Gasteiger partial charge is 0.0702 e. The Morgan fingerprint density at radius 2 is 2.18 bits per heavy atom. The van der Waals surface area contributed by atoms with Gasteiger partial charge in [-0.3, -0.25) is 0 Å². The minimum Gasteiger partial charge on any atom is -0.390 e. The minimum absolute atomic E-state index is 0.0623. The van der Waals surface area contributed by atoms with Crippen molar-refractivity contribution in [2.24, 2.45) is 11.7 Å². The van der Waals surface area contributed by atoms with Gasteiger partial charge in [-0.05, 0) is 63.0 Å². The number of aliphatic hydroxyl groups is 1. The normalized spacial score (nSPS) is 32.3. The Labute approximate surface area is 108 Å². The fraction of sp³-hybridized carbons (Fsp3) is 1.00. The van der Waals surface area contributed by atoms with Gasteiger partial charge in [-0.25, -0.2) is 0 Å². The molecule has 17 heavy (non-hydrogen) atoms. The lowest BCUT2D eigenvalue weighted by molar-refractivity contribution is -0.143. The van der Waals surface area contributed by atoms with E-state index in [0.29, 0.717) is 18.9 Å². The predicted octanol–water partition coefficient (Wildman–Crippen LogP) is 1.78. The molecule has 2 saturated heterocycles. The first kappa shape index (κ1) is 13.7. The number of hydrogen-bond acceptors (Lipinski definition) is 4. The summed E-state index contributed by atoms with van der Waals surface area (Å²) in [5, 5.41) is 10.5. The van der Waals surface area contributed by atoms with Crippen molar-refractivity contribution in [2.45, 2.75) is 50.2 Å². The summed E-state index contributed by atoms with van der Waals surface area (Å²) >= 11 is 2.02. The van der Waals surface area contributed by atoms with Crippen LogP contribution in [-0.2, 0) is 4.74 Å². The van der Waals surface area contributed by atoms with Gasteiger partial charge in [0, 0.05) is 6.61 Å². The molecule has 0 aliphatic carbocycles. The first-order chi connectivity index (χ1) is 8.08. The number of nitrogens with two attached hydrogens (primary N) is 1. The molecule has 2 rings (SSSR count). The lowest BCUT2D eigenvalue weighted by Gasteiger charge is -2.47. The molecule has 3 N–H and O–H groups in total. The number of hydrogen-bond donors (Lipinski definition) is 2. The zero-order chi connectivity index (χ0) is 12.4. The monoisotopic (exact) mass is 259 g/mol. The molecule has 1 spiro atoms. The van der Waals surface area contributed by atoms with Crippen molar-refractivity contribution in [1.29, 1.82) is 0 Å². The van der Waals surface area contributed by atoms with Gasteiger partial charge in [-0.15, -0.1) is 0 Å². The van der Waals surface area contributed by atoms with Crippen LogP contribution in [0.4, 0.5) is 0 Å². The summed E-state index contributed by atoms with van der Waals surface area (Å²) in [7, 11) is 0. The highest BCUT2D eigenvalue weighted by Gasteiger charge is 2.44. The van der Waals surface area contributed by atoms with Crippen LogP contribution in [0.2, 0.25) is 0 Å². The predicted molar refractivity (Wildman–Crippen MR) is 72.3 cm³/mol. The maximum atomic E-state index is 10.5. The van der Waals surface area contributed by atoms with Crippen LogP contribution in [0.15, 0.2) is 0 Å². The van der Waals surface area contributed by atoms with E-state index < -0.39 is 5.60 Å². The molecular formula is C13H25NO2S. The van der Waals surface area contributed by atoms with Gasteiger partial charge in [0.15, 0.2) is 0 Å². The zero-order valence-corrected chi connectivity index (χ0v) is 11.6. The van der Waals surface area contributed by atoms with Crippen LogP contribution in [0.25, 0.3) is 0 Å². The molecule has 2 heterocycles. The van der Waals surface area contributed by atoms with E-state index in [4.69, 9.17) is 10.5 Å². The highest BCUT2D eigenvalue weighted by Crippen LogP contribution is 2.43. The molecule has 0 aromatic heterocycles. The molecule has 0 aromatic rings. The topological polar surface area (TPSA) is 55.5 Å². The largest absolute Gasteiger partial charge is 0.390 e. The molecule has 3 nitrogen and oxygen atoms in total. The highest BCUT2D eigenvalue weighted by molar-refractivity contribution is 7.99. The molecule has 0 aromatic carbocycles. The third kappa shape index (κ3) is 3.16. The van der Waals surface area contributed by atoms with Gasteiger partial charge < -0.3 is 15.6 Å². The Morgan fingerprint density at radius 1 is 1.47 bits per heavy atom. The fourth-order valence-corrected chi connectivity index (χ4v) is 4.38. The minimum atomic E-state index is -0.615. The summed E-state index contributed by atoms with van der Waals surface area (Å²) < 4.78 is 6.05. The van der Waals surface area contributed by atoms with E-state index in [1.807, 2.05) is 18.7 Å². The molecule has 0 amide bonds. The summed E-state index contributed by atoms with van der Waals surface area (Å²) in [6.07, 6.45) is 4.98. The van der Waals surface area contributed by atoms with Crippen LogP contribution in [0.1, 0.15) is 39.0 Å². The van der Waals surface area contributed by atoms with Gasteiger partial charge in [0.1, 0.15) is 0 Å². The van der Waals surface area contributed by atoms with E-state index in [1.54, 1.807) is 0 Å². The fourth-order valence-electron chi connectivity index (χ4n) is 3.15. The SMILES string of the molecule is CC(O)(CCN)C1CCOC2(CCSCC2)C1. The molecule has 2 fully saturated rings. The Balaban J connectivity index is 2.00. The van der Waals surface area contributed by atoms with Gasteiger partial charge in [0.2, 0.25) is 0 Å². The third-order valence-electron chi connectivity index (χ3n) is 4.43.